The number of carboxylic acids is 1. The lowest BCUT2D eigenvalue weighted by Gasteiger charge is -2.13. The summed E-state index contributed by atoms with van der Waals surface area (Å²) in [4.78, 5) is 36.6. The summed E-state index contributed by atoms with van der Waals surface area (Å²) >= 11 is 0. The van der Waals surface area contributed by atoms with Gasteiger partial charge in [0.1, 0.15) is 6.04 Å². The number of amides is 3. The molecule has 3 rings (SSSR count). The van der Waals surface area contributed by atoms with Crippen LogP contribution in [0, 0.1) is 0 Å². The molecule has 1 fully saturated rings. The van der Waals surface area contributed by atoms with Gasteiger partial charge in [-0.2, -0.15) is 0 Å². The molecule has 1 unspecified atom stereocenters. The van der Waals surface area contributed by atoms with Crippen LogP contribution in [0.4, 0.5) is 4.79 Å². The molecule has 116 valence electrons. The molecule has 6 nitrogen and oxygen atoms in total. The molecule has 0 radical (unpaired) electrons. The first-order valence-electron chi connectivity index (χ1n) is 7.05. The maximum absolute atomic E-state index is 12.5. The second-order valence-electron chi connectivity index (χ2n) is 5.22. The number of carbonyl (C=O) groups is 3. The number of carbonyl (C=O) groups excluding carboxylic acids is 2. The molecule has 2 N–H and O–H groups in total. The van der Waals surface area contributed by atoms with Gasteiger partial charge in [0.15, 0.2) is 0 Å². The van der Waals surface area contributed by atoms with E-state index in [9.17, 15) is 14.4 Å². The number of aromatic carboxylic acids is 1. The number of hydrogen-bond acceptors (Lipinski definition) is 3. The minimum absolute atomic E-state index is 0.0368. The summed E-state index contributed by atoms with van der Waals surface area (Å²) in [6.07, 6.45) is 0. The van der Waals surface area contributed by atoms with Crippen molar-refractivity contribution in [2.24, 2.45) is 0 Å². The van der Waals surface area contributed by atoms with Crippen LogP contribution in [-0.4, -0.2) is 27.9 Å². The van der Waals surface area contributed by atoms with Gasteiger partial charge in [0, 0.05) is 0 Å². The molecule has 23 heavy (non-hydrogen) atoms. The molecular formula is C17H14N2O4. The smallest absolute Gasteiger partial charge is 0.335 e. The van der Waals surface area contributed by atoms with Gasteiger partial charge in [-0.05, 0) is 23.3 Å². The van der Waals surface area contributed by atoms with Crippen molar-refractivity contribution in [3.63, 3.8) is 0 Å². The molecule has 2 aromatic rings. The number of nitrogens with one attached hydrogen (secondary N) is 1. The zero-order chi connectivity index (χ0) is 16.4. The van der Waals surface area contributed by atoms with Gasteiger partial charge >= 0.3 is 12.0 Å². The normalized spacial score (nSPS) is 17.2. The minimum Gasteiger partial charge on any atom is -0.478 e. The molecule has 0 spiro atoms. The lowest BCUT2D eigenvalue weighted by molar-refractivity contribution is -0.128. The van der Waals surface area contributed by atoms with Crippen LogP contribution in [-0.2, 0) is 11.3 Å². The summed E-state index contributed by atoms with van der Waals surface area (Å²) in [5.74, 6) is -1.40. The number of hydrogen-bond donors (Lipinski definition) is 2. The van der Waals surface area contributed by atoms with Gasteiger partial charge in [-0.25, -0.2) is 9.59 Å². The third-order valence-electron chi connectivity index (χ3n) is 3.67. The third kappa shape index (κ3) is 2.91. The largest absolute Gasteiger partial charge is 0.478 e. The van der Waals surface area contributed by atoms with E-state index in [0.717, 1.165) is 4.90 Å². The Morgan fingerprint density at radius 1 is 1.09 bits per heavy atom. The average Bonchev–Trinajstić information content (AvgIpc) is 2.84. The Kier molecular flexibility index (Phi) is 3.80. The predicted octanol–water partition coefficient (Wildman–Crippen LogP) is 2.18. The van der Waals surface area contributed by atoms with Crippen LogP contribution in [0.25, 0.3) is 0 Å². The van der Waals surface area contributed by atoms with E-state index in [1.54, 1.807) is 36.4 Å². The zero-order valence-electron chi connectivity index (χ0n) is 12.1. The van der Waals surface area contributed by atoms with Gasteiger partial charge in [0.25, 0.3) is 5.91 Å². The molecular weight excluding hydrogens is 296 g/mol. The van der Waals surface area contributed by atoms with E-state index in [1.807, 2.05) is 6.07 Å². The van der Waals surface area contributed by atoms with Crippen molar-refractivity contribution in [1.82, 2.24) is 10.2 Å². The van der Waals surface area contributed by atoms with Crippen LogP contribution in [0.1, 0.15) is 27.5 Å². The van der Waals surface area contributed by atoms with Crippen molar-refractivity contribution in [1.29, 1.82) is 0 Å². The molecule has 1 saturated heterocycles. The van der Waals surface area contributed by atoms with Gasteiger partial charge in [0.05, 0.1) is 12.1 Å². The highest BCUT2D eigenvalue weighted by atomic mass is 16.4. The number of benzene rings is 2. The van der Waals surface area contributed by atoms with E-state index in [1.165, 1.54) is 12.1 Å². The van der Waals surface area contributed by atoms with Crippen molar-refractivity contribution >= 4 is 17.9 Å². The predicted molar refractivity (Wildman–Crippen MR) is 81.7 cm³/mol. The van der Waals surface area contributed by atoms with Crippen molar-refractivity contribution < 1.29 is 19.5 Å². The standard InChI is InChI=1S/C17H14N2O4/c20-15-14(12-6-2-1-3-7-12)18-17(23)19(15)10-11-5-4-8-13(9-11)16(21)22/h1-9,14H,10H2,(H,18,23)(H,21,22). The van der Waals surface area contributed by atoms with Crippen LogP contribution in [0.3, 0.4) is 0 Å². The van der Waals surface area contributed by atoms with Gasteiger partial charge in [-0.1, -0.05) is 42.5 Å². The van der Waals surface area contributed by atoms with E-state index in [-0.39, 0.29) is 18.0 Å². The van der Waals surface area contributed by atoms with Crippen molar-refractivity contribution in [3.05, 3.63) is 71.3 Å². The average molecular weight is 310 g/mol. The maximum atomic E-state index is 12.5. The van der Waals surface area contributed by atoms with Crippen LogP contribution in [0.2, 0.25) is 0 Å². The summed E-state index contributed by atoms with van der Waals surface area (Å²) in [7, 11) is 0. The third-order valence-corrected chi connectivity index (χ3v) is 3.67. The minimum atomic E-state index is -1.05. The summed E-state index contributed by atoms with van der Waals surface area (Å²) in [6, 6.07) is 14.0. The number of nitrogens with zero attached hydrogens (tertiary/aromatic N) is 1. The molecule has 0 aliphatic carbocycles. The fraction of sp³-hybridized carbons (Fsp3) is 0.118. The van der Waals surface area contributed by atoms with Crippen LogP contribution >= 0.6 is 0 Å². The molecule has 0 bridgehead atoms. The van der Waals surface area contributed by atoms with Crippen molar-refractivity contribution in [3.8, 4) is 0 Å². The molecule has 1 atom stereocenters. The Labute approximate surface area is 132 Å². The van der Waals surface area contributed by atoms with E-state index in [2.05, 4.69) is 5.32 Å². The highest BCUT2D eigenvalue weighted by molar-refractivity contribution is 6.04. The van der Waals surface area contributed by atoms with Gasteiger partial charge in [-0.3, -0.25) is 9.69 Å². The first kappa shape index (κ1) is 14.8. The Balaban J connectivity index is 1.81. The van der Waals surface area contributed by atoms with Crippen molar-refractivity contribution in [2.75, 3.05) is 0 Å². The quantitative estimate of drug-likeness (QED) is 0.847. The molecule has 1 heterocycles. The molecule has 0 saturated carbocycles. The van der Waals surface area contributed by atoms with Crippen LogP contribution < -0.4 is 5.32 Å². The molecule has 3 amide bonds. The summed E-state index contributed by atoms with van der Waals surface area (Å²) in [5.41, 5.74) is 1.42. The lowest BCUT2D eigenvalue weighted by Crippen LogP contribution is -2.30. The summed E-state index contributed by atoms with van der Waals surface area (Å²) in [6.45, 7) is 0.0368. The molecule has 6 heteroatoms. The maximum Gasteiger partial charge on any atom is 0.335 e. The molecule has 0 aromatic heterocycles. The molecule has 2 aromatic carbocycles. The Morgan fingerprint density at radius 3 is 2.52 bits per heavy atom. The Bertz CT molecular complexity index is 773. The monoisotopic (exact) mass is 310 g/mol. The van der Waals surface area contributed by atoms with Gasteiger partial charge in [-0.15, -0.1) is 0 Å². The number of imide groups is 1. The first-order valence-corrected chi connectivity index (χ1v) is 7.05. The second kappa shape index (κ2) is 5.92. The molecule has 1 aliphatic rings. The van der Waals surface area contributed by atoms with E-state index < -0.39 is 18.0 Å². The SMILES string of the molecule is O=C(O)c1cccc(CN2C(=O)NC(c3ccccc3)C2=O)c1. The number of urea groups is 1. The lowest BCUT2D eigenvalue weighted by atomic mass is 10.1. The second-order valence-corrected chi connectivity index (χ2v) is 5.22. The van der Waals surface area contributed by atoms with Gasteiger partial charge < -0.3 is 10.4 Å². The Morgan fingerprint density at radius 2 is 1.83 bits per heavy atom. The topological polar surface area (TPSA) is 86.7 Å². The Hall–Kier alpha value is -3.15. The number of rotatable bonds is 4. The van der Waals surface area contributed by atoms with Crippen molar-refractivity contribution in [2.45, 2.75) is 12.6 Å². The number of carboxylic acid groups (broad SMARTS) is 1. The molecule has 1 aliphatic heterocycles. The van der Waals surface area contributed by atoms with Crippen LogP contribution in [0.5, 0.6) is 0 Å². The summed E-state index contributed by atoms with van der Waals surface area (Å²) in [5, 5.41) is 11.7. The van der Waals surface area contributed by atoms with Crippen LogP contribution in [0.15, 0.2) is 54.6 Å². The highest BCUT2D eigenvalue weighted by Crippen LogP contribution is 2.23. The zero-order valence-corrected chi connectivity index (χ0v) is 12.1. The van der Waals surface area contributed by atoms with E-state index in [0.29, 0.717) is 11.1 Å². The fourth-order valence-corrected chi connectivity index (χ4v) is 2.53. The van der Waals surface area contributed by atoms with E-state index >= 15 is 0 Å². The highest BCUT2D eigenvalue weighted by Gasteiger charge is 2.38. The first-order chi connectivity index (χ1) is 11.1. The van der Waals surface area contributed by atoms with E-state index in [4.69, 9.17) is 5.11 Å². The van der Waals surface area contributed by atoms with Gasteiger partial charge in [0.2, 0.25) is 0 Å². The fourth-order valence-electron chi connectivity index (χ4n) is 2.53. The summed E-state index contributed by atoms with van der Waals surface area (Å²) < 4.78 is 0.